The normalized spacial score (nSPS) is 15.7. The Morgan fingerprint density at radius 2 is 1.69 bits per heavy atom. The third-order valence-corrected chi connectivity index (χ3v) is 4.65. The second kappa shape index (κ2) is 9.33. The first-order valence-electron chi connectivity index (χ1n) is 9.07. The number of benzene rings is 1. The predicted octanol–water partition coefficient (Wildman–Crippen LogP) is 0.890. The van der Waals surface area contributed by atoms with E-state index < -0.39 is 17.7 Å². The highest BCUT2D eigenvalue weighted by Crippen LogP contribution is 2.17. The van der Waals surface area contributed by atoms with Crippen molar-refractivity contribution in [3.05, 3.63) is 29.8 Å². The lowest BCUT2D eigenvalue weighted by atomic mass is 10.0. The molecule has 1 fully saturated rings. The summed E-state index contributed by atoms with van der Waals surface area (Å²) in [6, 6.07) is 6.91. The Morgan fingerprint density at radius 1 is 1.08 bits per heavy atom. The Balaban J connectivity index is 1.84. The zero-order valence-electron chi connectivity index (χ0n) is 15.5. The van der Waals surface area contributed by atoms with E-state index in [4.69, 9.17) is 5.73 Å². The van der Waals surface area contributed by atoms with Crippen molar-refractivity contribution < 1.29 is 14.4 Å². The zero-order chi connectivity index (χ0) is 19.1. The van der Waals surface area contributed by atoms with Gasteiger partial charge in [-0.3, -0.25) is 19.3 Å². The summed E-state index contributed by atoms with van der Waals surface area (Å²) in [6.07, 6.45) is 2.51. The number of amides is 3. The molecule has 2 rings (SSSR count). The van der Waals surface area contributed by atoms with Crippen molar-refractivity contribution >= 4 is 23.4 Å². The van der Waals surface area contributed by atoms with Crippen LogP contribution in [0.3, 0.4) is 0 Å². The van der Waals surface area contributed by atoms with Crippen LogP contribution < -0.4 is 16.4 Å². The van der Waals surface area contributed by atoms with Gasteiger partial charge in [-0.25, -0.2) is 0 Å². The van der Waals surface area contributed by atoms with Crippen molar-refractivity contribution in [2.75, 3.05) is 25.0 Å². The molecule has 0 aromatic heterocycles. The van der Waals surface area contributed by atoms with Crippen LogP contribution in [0.2, 0.25) is 0 Å². The van der Waals surface area contributed by atoms with E-state index in [1.54, 1.807) is 24.3 Å². The van der Waals surface area contributed by atoms with E-state index in [1.165, 1.54) is 12.8 Å². The van der Waals surface area contributed by atoms with Crippen LogP contribution in [0.15, 0.2) is 24.3 Å². The summed E-state index contributed by atoms with van der Waals surface area (Å²) < 4.78 is 0. The molecule has 7 heteroatoms. The lowest BCUT2D eigenvalue weighted by Gasteiger charge is -2.30. The lowest BCUT2D eigenvalue weighted by Crippen LogP contribution is -2.47. The molecule has 1 aliphatic rings. The molecular formula is C19H28N4O3. The maximum atomic E-state index is 12.1. The number of primary amides is 1. The van der Waals surface area contributed by atoms with Crippen LogP contribution in [0.4, 0.5) is 5.69 Å². The molecule has 7 nitrogen and oxygen atoms in total. The molecule has 3 amide bonds. The Labute approximate surface area is 154 Å². The number of carbonyl (C=O) groups is 3. The van der Waals surface area contributed by atoms with E-state index in [-0.39, 0.29) is 12.5 Å². The standard InChI is InChI=1S/C19H28N4O3/c1-13(2)16(23-9-3-4-10-23)12-21-18(25)19(26)22-15-7-5-14(6-8-15)11-17(20)24/h5-8,13,16H,3-4,9-12H2,1-2H3,(H2,20,24)(H,21,25)(H,22,26). The van der Waals surface area contributed by atoms with Crippen LogP contribution in [0.1, 0.15) is 32.3 Å². The average Bonchev–Trinajstić information content (AvgIpc) is 3.10. The van der Waals surface area contributed by atoms with Crippen LogP contribution in [-0.4, -0.2) is 48.3 Å². The van der Waals surface area contributed by atoms with Gasteiger partial charge in [0, 0.05) is 18.3 Å². The first-order chi connectivity index (χ1) is 12.4. The molecule has 26 heavy (non-hydrogen) atoms. The van der Waals surface area contributed by atoms with Gasteiger partial charge in [0.25, 0.3) is 0 Å². The summed E-state index contributed by atoms with van der Waals surface area (Å²) in [5.74, 6) is -1.36. The fraction of sp³-hybridized carbons (Fsp3) is 0.526. The summed E-state index contributed by atoms with van der Waals surface area (Å²) in [7, 11) is 0. The Morgan fingerprint density at radius 3 is 2.23 bits per heavy atom. The van der Waals surface area contributed by atoms with Crippen molar-refractivity contribution in [1.29, 1.82) is 0 Å². The van der Waals surface area contributed by atoms with Gasteiger partial charge < -0.3 is 16.4 Å². The van der Waals surface area contributed by atoms with Gasteiger partial charge in [-0.2, -0.15) is 0 Å². The maximum absolute atomic E-state index is 12.1. The van der Waals surface area contributed by atoms with Crippen LogP contribution >= 0.6 is 0 Å². The van der Waals surface area contributed by atoms with Crippen LogP contribution in [-0.2, 0) is 20.8 Å². The lowest BCUT2D eigenvalue weighted by molar-refractivity contribution is -0.136. The minimum Gasteiger partial charge on any atom is -0.369 e. The number of anilines is 1. The van der Waals surface area contributed by atoms with Crippen molar-refractivity contribution in [3.8, 4) is 0 Å². The molecule has 0 aliphatic carbocycles. The molecular weight excluding hydrogens is 332 g/mol. The minimum absolute atomic E-state index is 0.141. The predicted molar refractivity (Wildman–Crippen MR) is 100 cm³/mol. The van der Waals surface area contributed by atoms with E-state index >= 15 is 0 Å². The van der Waals surface area contributed by atoms with Crippen molar-refractivity contribution in [2.45, 2.75) is 39.2 Å². The number of hydrogen-bond acceptors (Lipinski definition) is 4. The highest BCUT2D eigenvalue weighted by atomic mass is 16.2. The fourth-order valence-electron chi connectivity index (χ4n) is 3.23. The number of nitrogens with zero attached hydrogens (tertiary/aromatic N) is 1. The Bertz CT molecular complexity index is 637. The van der Waals surface area contributed by atoms with E-state index in [9.17, 15) is 14.4 Å². The topological polar surface area (TPSA) is 105 Å². The summed E-state index contributed by atoms with van der Waals surface area (Å²) in [5.41, 5.74) is 6.40. The first-order valence-corrected chi connectivity index (χ1v) is 9.07. The van der Waals surface area contributed by atoms with Crippen molar-refractivity contribution in [2.24, 2.45) is 11.7 Å². The van der Waals surface area contributed by atoms with Gasteiger partial charge in [-0.05, 0) is 49.5 Å². The van der Waals surface area contributed by atoms with E-state index in [0.717, 1.165) is 18.7 Å². The molecule has 0 bridgehead atoms. The summed E-state index contributed by atoms with van der Waals surface area (Å²) in [4.78, 5) is 37.4. The van der Waals surface area contributed by atoms with Crippen LogP contribution in [0, 0.1) is 5.92 Å². The van der Waals surface area contributed by atoms with Gasteiger partial charge in [-0.15, -0.1) is 0 Å². The second-order valence-electron chi connectivity index (χ2n) is 7.06. The quantitative estimate of drug-likeness (QED) is 0.628. The number of nitrogens with one attached hydrogen (secondary N) is 2. The van der Waals surface area contributed by atoms with Gasteiger partial charge in [0.1, 0.15) is 0 Å². The van der Waals surface area contributed by atoms with Gasteiger partial charge in [-0.1, -0.05) is 26.0 Å². The minimum atomic E-state index is -0.698. The first kappa shape index (κ1) is 19.9. The van der Waals surface area contributed by atoms with Crippen LogP contribution in [0.5, 0.6) is 0 Å². The van der Waals surface area contributed by atoms with Gasteiger partial charge in [0.2, 0.25) is 5.91 Å². The molecule has 0 spiro atoms. The third-order valence-electron chi connectivity index (χ3n) is 4.65. The summed E-state index contributed by atoms with van der Waals surface area (Å²) in [5, 5.41) is 5.31. The number of carbonyl (C=O) groups excluding carboxylic acids is 3. The molecule has 1 unspecified atom stereocenters. The van der Waals surface area contributed by atoms with E-state index in [1.807, 2.05) is 0 Å². The molecule has 142 valence electrons. The fourth-order valence-corrected chi connectivity index (χ4v) is 3.23. The van der Waals surface area contributed by atoms with Gasteiger partial charge >= 0.3 is 11.8 Å². The molecule has 1 saturated heterocycles. The number of rotatable bonds is 7. The summed E-state index contributed by atoms with van der Waals surface area (Å²) in [6.45, 7) is 6.80. The SMILES string of the molecule is CC(C)C(CNC(=O)C(=O)Nc1ccc(CC(N)=O)cc1)N1CCCC1. The average molecular weight is 360 g/mol. The molecule has 4 N–H and O–H groups in total. The van der Waals surface area contributed by atoms with E-state index in [2.05, 4.69) is 29.4 Å². The van der Waals surface area contributed by atoms with Gasteiger partial charge in [0.05, 0.1) is 6.42 Å². The molecule has 1 aliphatic heterocycles. The highest BCUT2D eigenvalue weighted by Gasteiger charge is 2.25. The molecule has 1 aromatic rings. The summed E-state index contributed by atoms with van der Waals surface area (Å²) >= 11 is 0. The van der Waals surface area contributed by atoms with Crippen molar-refractivity contribution in [3.63, 3.8) is 0 Å². The molecule has 1 atom stereocenters. The number of hydrogen-bond donors (Lipinski definition) is 3. The zero-order valence-corrected chi connectivity index (χ0v) is 15.5. The Hall–Kier alpha value is -2.41. The van der Waals surface area contributed by atoms with Gasteiger partial charge in [0.15, 0.2) is 0 Å². The van der Waals surface area contributed by atoms with Crippen molar-refractivity contribution in [1.82, 2.24) is 10.2 Å². The van der Waals surface area contributed by atoms with E-state index in [0.29, 0.717) is 18.2 Å². The maximum Gasteiger partial charge on any atom is 0.313 e. The van der Waals surface area contributed by atoms with Crippen LogP contribution in [0.25, 0.3) is 0 Å². The second-order valence-corrected chi connectivity index (χ2v) is 7.06. The number of nitrogens with two attached hydrogens (primary N) is 1. The Kier molecular flexibility index (Phi) is 7.15. The monoisotopic (exact) mass is 360 g/mol. The molecule has 0 radical (unpaired) electrons. The largest absolute Gasteiger partial charge is 0.369 e. The third kappa shape index (κ3) is 5.84. The number of likely N-dealkylation sites (tertiary alicyclic amines) is 1. The molecule has 0 saturated carbocycles. The smallest absolute Gasteiger partial charge is 0.313 e. The molecule has 1 aromatic carbocycles. The molecule has 1 heterocycles. The highest BCUT2D eigenvalue weighted by molar-refractivity contribution is 6.39.